The summed E-state index contributed by atoms with van der Waals surface area (Å²) in [6.07, 6.45) is -1.21. The monoisotopic (exact) mass is 335 g/mol. The molecule has 0 heterocycles. The van der Waals surface area contributed by atoms with E-state index in [0.29, 0.717) is 4.47 Å². The summed E-state index contributed by atoms with van der Waals surface area (Å²) in [7, 11) is 0. The molecule has 0 saturated carbocycles. The van der Waals surface area contributed by atoms with Gasteiger partial charge in [-0.25, -0.2) is 4.79 Å². The number of carboxylic acid groups (broad SMARTS) is 1. The van der Waals surface area contributed by atoms with E-state index in [1.165, 1.54) is 13.0 Å². The minimum Gasteiger partial charge on any atom is -0.480 e. The molecule has 0 spiro atoms. The van der Waals surface area contributed by atoms with E-state index in [0.717, 1.165) is 0 Å². The first-order valence-corrected chi connectivity index (χ1v) is 6.17. The van der Waals surface area contributed by atoms with Crippen molar-refractivity contribution in [2.24, 2.45) is 0 Å². The van der Waals surface area contributed by atoms with E-state index in [2.05, 4.69) is 21.2 Å². The van der Waals surface area contributed by atoms with Gasteiger partial charge in [-0.3, -0.25) is 4.79 Å². The quantitative estimate of drug-likeness (QED) is 0.780. The minimum absolute atomic E-state index is 0.137. The maximum Gasteiger partial charge on any atom is 0.328 e. The summed E-state index contributed by atoms with van der Waals surface area (Å²) in [5.74, 6) is -1.97. The normalized spacial score (nSPS) is 13.8. The maximum atomic E-state index is 11.8. The highest BCUT2D eigenvalue weighted by Gasteiger charge is 2.26. The predicted octanol–water partition coefficient (Wildman–Crippen LogP) is 1.67. The van der Waals surface area contributed by atoms with Crippen molar-refractivity contribution in [1.29, 1.82) is 0 Å². The van der Waals surface area contributed by atoms with Crippen LogP contribution in [0.5, 0.6) is 0 Å². The second-order valence-corrected chi connectivity index (χ2v) is 4.86. The summed E-state index contributed by atoms with van der Waals surface area (Å²) in [5, 5.41) is 20.5. The molecule has 0 saturated heterocycles. The van der Waals surface area contributed by atoms with Crippen LogP contribution in [-0.4, -0.2) is 34.2 Å². The molecule has 2 unspecified atom stereocenters. The fourth-order valence-electron chi connectivity index (χ4n) is 1.29. The van der Waals surface area contributed by atoms with Crippen molar-refractivity contribution in [2.75, 3.05) is 0 Å². The molecule has 0 aliphatic rings. The number of aliphatic carboxylic acids is 1. The standard InChI is InChI=1S/C11H11BrClNO4/c1-5(15)9(11(17)18)14-10(16)6-3-2-4-7(12)8(6)13/h2-5,9,15H,1H3,(H,14,16)(H,17,18). The van der Waals surface area contributed by atoms with Gasteiger partial charge < -0.3 is 15.5 Å². The van der Waals surface area contributed by atoms with Crippen LogP contribution in [-0.2, 0) is 4.79 Å². The van der Waals surface area contributed by atoms with Gasteiger partial charge in [-0.1, -0.05) is 17.7 Å². The highest BCUT2D eigenvalue weighted by molar-refractivity contribution is 9.10. The number of aliphatic hydroxyl groups excluding tert-OH is 1. The number of hydrogen-bond donors (Lipinski definition) is 3. The Kier molecular flexibility index (Phi) is 5.13. The first-order valence-electron chi connectivity index (χ1n) is 5.00. The molecule has 3 N–H and O–H groups in total. The van der Waals surface area contributed by atoms with Gasteiger partial charge in [0.05, 0.1) is 16.7 Å². The SMILES string of the molecule is CC(O)C(NC(=O)c1cccc(Br)c1Cl)C(=O)O. The molecule has 1 aromatic rings. The van der Waals surface area contributed by atoms with Crippen molar-refractivity contribution >= 4 is 39.4 Å². The van der Waals surface area contributed by atoms with E-state index in [1.807, 2.05) is 0 Å². The maximum absolute atomic E-state index is 11.8. The van der Waals surface area contributed by atoms with Gasteiger partial charge in [0.25, 0.3) is 5.91 Å². The number of carbonyl (C=O) groups excluding carboxylic acids is 1. The number of carbonyl (C=O) groups is 2. The third kappa shape index (κ3) is 3.44. The van der Waals surface area contributed by atoms with Crippen molar-refractivity contribution in [2.45, 2.75) is 19.1 Å². The second-order valence-electron chi connectivity index (χ2n) is 3.63. The van der Waals surface area contributed by atoms with Crippen LogP contribution in [0.2, 0.25) is 5.02 Å². The molecule has 7 heteroatoms. The van der Waals surface area contributed by atoms with Gasteiger partial charge in [-0.05, 0) is 35.0 Å². The van der Waals surface area contributed by atoms with Crippen LogP contribution in [0.25, 0.3) is 0 Å². The number of benzene rings is 1. The van der Waals surface area contributed by atoms with Gasteiger partial charge in [0.15, 0.2) is 6.04 Å². The molecule has 0 bridgehead atoms. The first kappa shape index (κ1) is 14.9. The van der Waals surface area contributed by atoms with Gasteiger partial charge in [0, 0.05) is 4.47 Å². The van der Waals surface area contributed by atoms with E-state index in [-0.39, 0.29) is 10.6 Å². The number of amides is 1. The number of aliphatic hydroxyl groups is 1. The van der Waals surface area contributed by atoms with Crippen molar-refractivity contribution in [3.8, 4) is 0 Å². The van der Waals surface area contributed by atoms with Crippen molar-refractivity contribution in [1.82, 2.24) is 5.32 Å². The van der Waals surface area contributed by atoms with Crippen molar-refractivity contribution < 1.29 is 19.8 Å². The molecule has 5 nitrogen and oxygen atoms in total. The molecule has 98 valence electrons. The van der Waals surface area contributed by atoms with Crippen LogP contribution in [0.15, 0.2) is 22.7 Å². The van der Waals surface area contributed by atoms with Crippen LogP contribution >= 0.6 is 27.5 Å². The van der Waals surface area contributed by atoms with Gasteiger partial charge in [-0.15, -0.1) is 0 Å². The molecule has 18 heavy (non-hydrogen) atoms. The van der Waals surface area contributed by atoms with Gasteiger partial charge >= 0.3 is 5.97 Å². The number of nitrogens with one attached hydrogen (secondary N) is 1. The highest BCUT2D eigenvalue weighted by atomic mass is 79.9. The lowest BCUT2D eigenvalue weighted by molar-refractivity contribution is -0.141. The summed E-state index contributed by atoms with van der Waals surface area (Å²) in [5.41, 5.74) is 0.137. The van der Waals surface area contributed by atoms with E-state index >= 15 is 0 Å². The lowest BCUT2D eigenvalue weighted by Gasteiger charge is -2.17. The first-order chi connectivity index (χ1) is 8.34. The average Bonchev–Trinajstić information content (AvgIpc) is 2.28. The summed E-state index contributed by atoms with van der Waals surface area (Å²) in [4.78, 5) is 22.7. The number of carboxylic acids is 1. The zero-order valence-electron chi connectivity index (χ0n) is 9.35. The molecule has 1 rings (SSSR count). The van der Waals surface area contributed by atoms with Crippen LogP contribution < -0.4 is 5.32 Å². The van der Waals surface area contributed by atoms with E-state index < -0.39 is 24.0 Å². The largest absolute Gasteiger partial charge is 0.480 e. The van der Waals surface area contributed by atoms with Crippen LogP contribution in [0.1, 0.15) is 17.3 Å². The Hall–Kier alpha value is -1.11. The Bertz CT molecular complexity index is 478. The molecule has 1 amide bonds. The molecule has 1 aromatic carbocycles. The Morgan fingerprint density at radius 3 is 2.56 bits per heavy atom. The topological polar surface area (TPSA) is 86.6 Å². The Morgan fingerprint density at radius 2 is 2.06 bits per heavy atom. The van der Waals surface area contributed by atoms with Crippen molar-refractivity contribution in [3.05, 3.63) is 33.3 Å². The summed E-state index contributed by atoms with van der Waals surface area (Å²) in [6.45, 7) is 1.28. The number of rotatable bonds is 4. The van der Waals surface area contributed by atoms with Gasteiger partial charge in [-0.2, -0.15) is 0 Å². The zero-order chi connectivity index (χ0) is 13.9. The lowest BCUT2D eigenvalue weighted by atomic mass is 10.1. The molecule has 0 fully saturated rings. The predicted molar refractivity (Wildman–Crippen MR) is 69.7 cm³/mol. The Balaban J connectivity index is 2.94. The summed E-state index contributed by atoms with van der Waals surface area (Å²) in [6, 6.07) is 3.34. The summed E-state index contributed by atoms with van der Waals surface area (Å²) < 4.78 is 0.528. The molecule has 0 radical (unpaired) electrons. The zero-order valence-corrected chi connectivity index (χ0v) is 11.7. The third-order valence-corrected chi connectivity index (χ3v) is 3.53. The Labute approximate surface area is 117 Å². The molecular weight excluding hydrogens is 325 g/mol. The molecule has 0 aromatic heterocycles. The van der Waals surface area contributed by atoms with E-state index in [9.17, 15) is 14.7 Å². The molecule has 2 atom stereocenters. The van der Waals surface area contributed by atoms with Crippen LogP contribution in [0, 0.1) is 0 Å². The second kappa shape index (κ2) is 6.17. The summed E-state index contributed by atoms with van der Waals surface area (Å²) >= 11 is 9.07. The lowest BCUT2D eigenvalue weighted by Crippen LogP contribution is -2.47. The number of halogens is 2. The van der Waals surface area contributed by atoms with Crippen LogP contribution in [0.4, 0.5) is 0 Å². The minimum atomic E-state index is -1.38. The van der Waals surface area contributed by atoms with E-state index in [1.54, 1.807) is 12.1 Å². The van der Waals surface area contributed by atoms with E-state index in [4.69, 9.17) is 16.7 Å². The number of hydrogen-bond acceptors (Lipinski definition) is 3. The van der Waals surface area contributed by atoms with Crippen LogP contribution in [0.3, 0.4) is 0 Å². The van der Waals surface area contributed by atoms with Crippen molar-refractivity contribution in [3.63, 3.8) is 0 Å². The highest BCUT2D eigenvalue weighted by Crippen LogP contribution is 2.25. The molecule has 0 aliphatic heterocycles. The third-order valence-electron chi connectivity index (χ3n) is 2.23. The Morgan fingerprint density at radius 1 is 1.44 bits per heavy atom. The molecular formula is C11H11BrClNO4. The molecule has 0 aliphatic carbocycles. The fraction of sp³-hybridized carbons (Fsp3) is 0.273. The average molecular weight is 337 g/mol. The smallest absolute Gasteiger partial charge is 0.328 e. The van der Waals surface area contributed by atoms with Gasteiger partial charge in [0.1, 0.15) is 0 Å². The fourth-order valence-corrected chi connectivity index (χ4v) is 1.86. The van der Waals surface area contributed by atoms with Gasteiger partial charge in [0.2, 0.25) is 0 Å².